The Hall–Kier alpha value is -1.06. The fourth-order valence-electron chi connectivity index (χ4n) is 3.50. The summed E-state index contributed by atoms with van der Waals surface area (Å²) in [6.45, 7) is 2.30. The third-order valence-corrected chi connectivity index (χ3v) is 4.65. The van der Waals surface area contributed by atoms with Crippen molar-refractivity contribution in [3.63, 3.8) is 0 Å². The van der Waals surface area contributed by atoms with Gasteiger partial charge in [0.15, 0.2) is 0 Å². The normalized spacial score (nSPS) is 25.1. The summed E-state index contributed by atoms with van der Waals surface area (Å²) in [6.07, 6.45) is 6.04. The van der Waals surface area contributed by atoms with Crippen LogP contribution in [0.15, 0.2) is 18.2 Å². The third kappa shape index (κ3) is 2.63. The average Bonchev–Trinajstić information content (AvgIpc) is 2.47. The number of hydrogen-bond acceptors (Lipinski definition) is 3. The first-order valence-electron chi connectivity index (χ1n) is 7.44. The summed E-state index contributed by atoms with van der Waals surface area (Å²) in [4.78, 5) is 2.63. The van der Waals surface area contributed by atoms with Crippen molar-refractivity contribution >= 4 is 0 Å². The zero-order valence-electron chi connectivity index (χ0n) is 11.8. The fourth-order valence-corrected chi connectivity index (χ4v) is 3.50. The largest absolute Gasteiger partial charge is 0.497 e. The predicted octanol–water partition coefficient (Wildman–Crippen LogP) is 2.50. The van der Waals surface area contributed by atoms with Gasteiger partial charge in [-0.05, 0) is 55.4 Å². The number of methoxy groups -OCH3 is 1. The summed E-state index contributed by atoms with van der Waals surface area (Å²) in [5.74, 6) is 0.986. The Morgan fingerprint density at radius 2 is 2.00 bits per heavy atom. The van der Waals surface area contributed by atoms with Crippen molar-refractivity contribution < 1.29 is 4.74 Å². The Morgan fingerprint density at radius 1 is 1.21 bits per heavy atom. The number of hydrogen-bond donors (Lipinski definition) is 1. The van der Waals surface area contributed by atoms with Crippen molar-refractivity contribution in [1.82, 2.24) is 4.90 Å². The van der Waals surface area contributed by atoms with E-state index in [1.54, 1.807) is 7.11 Å². The number of nitrogens with zero attached hydrogens (tertiary/aromatic N) is 1. The van der Waals surface area contributed by atoms with Gasteiger partial charge in [-0.15, -0.1) is 0 Å². The molecule has 1 fully saturated rings. The molecule has 19 heavy (non-hydrogen) atoms. The minimum absolute atomic E-state index is 0.412. The first-order chi connectivity index (χ1) is 9.28. The molecular formula is C16H24N2O. The summed E-state index contributed by atoms with van der Waals surface area (Å²) >= 11 is 0. The van der Waals surface area contributed by atoms with Gasteiger partial charge < -0.3 is 10.5 Å². The van der Waals surface area contributed by atoms with Crippen molar-refractivity contribution in [1.29, 1.82) is 0 Å². The Labute approximate surface area is 115 Å². The summed E-state index contributed by atoms with van der Waals surface area (Å²) < 4.78 is 5.34. The molecule has 2 aliphatic rings. The number of benzene rings is 1. The lowest BCUT2D eigenvalue weighted by Gasteiger charge is -2.39. The molecule has 0 amide bonds. The van der Waals surface area contributed by atoms with Gasteiger partial charge in [0.2, 0.25) is 0 Å². The van der Waals surface area contributed by atoms with Crippen LogP contribution in [-0.4, -0.2) is 31.1 Å². The second-order valence-electron chi connectivity index (χ2n) is 5.85. The molecule has 3 nitrogen and oxygen atoms in total. The highest BCUT2D eigenvalue weighted by Gasteiger charge is 2.28. The van der Waals surface area contributed by atoms with Crippen LogP contribution < -0.4 is 10.5 Å². The monoisotopic (exact) mass is 260 g/mol. The van der Waals surface area contributed by atoms with Crippen LogP contribution in [0.1, 0.15) is 42.9 Å². The second-order valence-corrected chi connectivity index (χ2v) is 5.85. The van der Waals surface area contributed by atoms with E-state index >= 15 is 0 Å². The van der Waals surface area contributed by atoms with E-state index in [0.29, 0.717) is 12.1 Å². The highest BCUT2D eigenvalue weighted by Crippen LogP contribution is 2.37. The van der Waals surface area contributed by atoms with Crippen LogP contribution in [0.4, 0.5) is 0 Å². The smallest absolute Gasteiger partial charge is 0.119 e. The van der Waals surface area contributed by atoms with E-state index in [1.165, 1.54) is 30.4 Å². The van der Waals surface area contributed by atoms with Gasteiger partial charge in [0.25, 0.3) is 0 Å². The minimum atomic E-state index is 0.412. The molecule has 1 aromatic rings. The third-order valence-electron chi connectivity index (χ3n) is 4.65. The quantitative estimate of drug-likeness (QED) is 0.888. The molecule has 1 heterocycles. The highest BCUT2D eigenvalue weighted by atomic mass is 16.5. The van der Waals surface area contributed by atoms with Crippen molar-refractivity contribution in [3.8, 4) is 5.75 Å². The summed E-state index contributed by atoms with van der Waals surface area (Å²) in [5, 5.41) is 0. The molecule has 0 spiro atoms. The van der Waals surface area contributed by atoms with Crippen LogP contribution in [0, 0.1) is 0 Å². The summed E-state index contributed by atoms with van der Waals surface area (Å²) in [6, 6.07) is 7.61. The van der Waals surface area contributed by atoms with Gasteiger partial charge >= 0.3 is 0 Å². The lowest BCUT2D eigenvalue weighted by molar-refractivity contribution is 0.139. The van der Waals surface area contributed by atoms with Crippen LogP contribution in [0.3, 0.4) is 0 Å². The van der Waals surface area contributed by atoms with Gasteiger partial charge in [-0.1, -0.05) is 6.07 Å². The molecule has 3 rings (SSSR count). The van der Waals surface area contributed by atoms with Gasteiger partial charge in [-0.2, -0.15) is 0 Å². The molecule has 104 valence electrons. The number of aryl methyl sites for hydroxylation is 1. The lowest BCUT2D eigenvalue weighted by atomic mass is 9.85. The van der Waals surface area contributed by atoms with E-state index in [9.17, 15) is 0 Å². The maximum atomic E-state index is 6.02. The molecule has 1 aliphatic carbocycles. The Kier molecular flexibility index (Phi) is 3.76. The Bertz CT molecular complexity index is 438. The highest BCUT2D eigenvalue weighted by molar-refractivity contribution is 5.39. The summed E-state index contributed by atoms with van der Waals surface area (Å²) in [7, 11) is 1.74. The molecule has 3 heteroatoms. The zero-order valence-corrected chi connectivity index (χ0v) is 11.8. The molecule has 0 radical (unpaired) electrons. The van der Waals surface area contributed by atoms with Crippen LogP contribution in [0.2, 0.25) is 0 Å². The van der Waals surface area contributed by atoms with E-state index in [2.05, 4.69) is 23.1 Å². The molecule has 1 unspecified atom stereocenters. The second kappa shape index (κ2) is 5.51. The summed E-state index contributed by atoms with van der Waals surface area (Å²) in [5.41, 5.74) is 9.01. The van der Waals surface area contributed by atoms with E-state index in [-0.39, 0.29) is 0 Å². The molecule has 0 saturated carbocycles. The van der Waals surface area contributed by atoms with E-state index in [4.69, 9.17) is 10.5 Å². The zero-order chi connectivity index (χ0) is 13.2. The molecule has 0 aromatic heterocycles. The first kappa shape index (κ1) is 12.9. The molecule has 1 aliphatic heterocycles. The topological polar surface area (TPSA) is 38.5 Å². The SMILES string of the molecule is COc1ccc2c(c1)CCCC2N1CCC(N)CC1. The van der Waals surface area contributed by atoms with Gasteiger partial charge in [-0.3, -0.25) is 4.90 Å². The van der Waals surface area contributed by atoms with Gasteiger partial charge in [-0.25, -0.2) is 0 Å². The van der Waals surface area contributed by atoms with Gasteiger partial charge in [0, 0.05) is 25.2 Å². The van der Waals surface area contributed by atoms with E-state index in [1.807, 2.05) is 0 Å². The van der Waals surface area contributed by atoms with Crippen LogP contribution in [0.25, 0.3) is 0 Å². The molecule has 1 aromatic carbocycles. The number of piperidine rings is 1. The van der Waals surface area contributed by atoms with Crippen molar-refractivity contribution in [2.24, 2.45) is 5.73 Å². The average molecular weight is 260 g/mol. The molecular weight excluding hydrogens is 236 g/mol. The van der Waals surface area contributed by atoms with E-state index < -0.39 is 0 Å². The van der Waals surface area contributed by atoms with Crippen LogP contribution in [-0.2, 0) is 6.42 Å². The van der Waals surface area contributed by atoms with Crippen LogP contribution in [0.5, 0.6) is 5.75 Å². The number of fused-ring (bicyclic) bond motifs is 1. The first-order valence-corrected chi connectivity index (χ1v) is 7.44. The number of likely N-dealkylation sites (tertiary alicyclic amines) is 1. The van der Waals surface area contributed by atoms with Crippen molar-refractivity contribution in [2.75, 3.05) is 20.2 Å². The Morgan fingerprint density at radius 3 is 2.74 bits per heavy atom. The van der Waals surface area contributed by atoms with Crippen LogP contribution >= 0.6 is 0 Å². The lowest BCUT2D eigenvalue weighted by Crippen LogP contribution is -2.42. The maximum absolute atomic E-state index is 6.02. The van der Waals surface area contributed by atoms with Crippen molar-refractivity contribution in [3.05, 3.63) is 29.3 Å². The fraction of sp³-hybridized carbons (Fsp3) is 0.625. The molecule has 1 atom stereocenters. The van der Waals surface area contributed by atoms with Gasteiger partial charge in [0.05, 0.1) is 7.11 Å². The Balaban J connectivity index is 1.82. The minimum Gasteiger partial charge on any atom is -0.497 e. The predicted molar refractivity (Wildman–Crippen MR) is 77.5 cm³/mol. The molecule has 1 saturated heterocycles. The molecule has 2 N–H and O–H groups in total. The van der Waals surface area contributed by atoms with Crippen molar-refractivity contribution in [2.45, 2.75) is 44.2 Å². The number of nitrogens with two attached hydrogens (primary N) is 1. The molecule has 0 bridgehead atoms. The number of rotatable bonds is 2. The van der Waals surface area contributed by atoms with E-state index in [0.717, 1.165) is 31.7 Å². The maximum Gasteiger partial charge on any atom is 0.119 e. The number of ether oxygens (including phenoxy) is 1. The standard InChI is InChI=1S/C16H24N2O/c1-19-14-5-6-15-12(11-14)3-2-4-16(15)18-9-7-13(17)8-10-18/h5-6,11,13,16H,2-4,7-10,17H2,1H3. The van der Waals surface area contributed by atoms with Gasteiger partial charge in [0.1, 0.15) is 5.75 Å².